The Morgan fingerprint density at radius 3 is 1.57 bits per heavy atom. The van der Waals surface area contributed by atoms with E-state index in [1.807, 2.05) is 41.5 Å². The summed E-state index contributed by atoms with van der Waals surface area (Å²) in [4.78, 5) is 29.1. The van der Waals surface area contributed by atoms with E-state index in [1.54, 1.807) is 34.1 Å². The van der Waals surface area contributed by atoms with Gasteiger partial charge in [-0.05, 0) is 111 Å². The predicted octanol–water partition coefficient (Wildman–Crippen LogP) is 5.50. The van der Waals surface area contributed by atoms with Gasteiger partial charge < -0.3 is 25.0 Å². The van der Waals surface area contributed by atoms with Crippen molar-refractivity contribution in [1.29, 1.82) is 0 Å². The number of sulfonamides is 1. The molecular weight excluding hydrogens is 600 g/mol. The minimum Gasteiger partial charge on any atom is -0.444 e. The molecule has 10 nitrogen and oxygen atoms in total. The van der Waals surface area contributed by atoms with E-state index in [4.69, 9.17) is 15.2 Å². The fourth-order valence-electron chi connectivity index (χ4n) is 3.63. The molecule has 0 aromatic heterocycles. The van der Waals surface area contributed by atoms with Crippen LogP contribution < -0.4 is 10.5 Å². The first-order valence-electron chi connectivity index (χ1n) is 14.0. The number of amides is 2. The van der Waals surface area contributed by atoms with E-state index in [2.05, 4.69) is 20.7 Å². The van der Waals surface area contributed by atoms with E-state index >= 15 is 0 Å². The Morgan fingerprint density at radius 2 is 1.18 bits per heavy atom. The SMILES string of the molecule is CC(C)(C)OC(=O)N(CCCCN)CCCCN(CCCCNS(=O)(=O)c1ccc(Br)cc1)C(=O)OC(C)(C)C. The quantitative estimate of drug-likeness (QED) is 0.226. The van der Waals surface area contributed by atoms with Gasteiger partial charge in [-0.2, -0.15) is 0 Å². The number of hydrogen-bond acceptors (Lipinski definition) is 7. The number of nitrogens with one attached hydrogen (secondary N) is 1. The number of rotatable bonds is 16. The number of nitrogens with two attached hydrogens (primary N) is 1. The third-order valence-electron chi connectivity index (χ3n) is 5.56. The van der Waals surface area contributed by atoms with Crippen molar-refractivity contribution in [3.63, 3.8) is 0 Å². The normalized spacial score (nSPS) is 12.2. The molecule has 0 aliphatic heterocycles. The predicted molar refractivity (Wildman–Crippen MR) is 162 cm³/mol. The monoisotopic (exact) mass is 648 g/mol. The zero-order chi connectivity index (χ0) is 30.4. The second-order valence-electron chi connectivity index (χ2n) is 11.7. The van der Waals surface area contributed by atoms with Crippen molar-refractivity contribution < 1.29 is 27.5 Å². The molecule has 0 aliphatic carbocycles. The molecule has 0 radical (unpaired) electrons. The van der Waals surface area contributed by atoms with Gasteiger partial charge in [-0.3, -0.25) is 0 Å². The van der Waals surface area contributed by atoms with Crippen LogP contribution in [0.1, 0.15) is 80.1 Å². The molecule has 12 heteroatoms. The summed E-state index contributed by atoms with van der Waals surface area (Å²) in [5.74, 6) is 0. The summed E-state index contributed by atoms with van der Waals surface area (Å²) in [6, 6.07) is 6.44. The van der Waals surface area contributed by atoms with E-state index in [9.17, 15) is 18.0 Å². The number of unbranched alkanes of at least 4 members (excludes halogenated alkanes) is 3. The summed E-state index contributed by atoms with van der Waals surface area (Å²) >= 11 is 3.30. The highest BCUT2D eigenvalue weighted by Crippen LogP contribution is 2.16. The van der Waals surface area contributed by atoms with Gasteiger partial charge in [-0.1, -0.05) is 15.9 Å². The highest BCUT2D eigenvalue weighted by molar-refractivity contribution is 9.10. The summed E-state index contributed by atoms with van der Waals surface area (Å²) in [5, 5.41) is 0. The van der Waals surface area contributed by atoms with Gasteiger partial charge in [-0.25, -0.2) is 22.7 Å². The molecule has 40 heavy (non-hydrogen) atoms. The van der Waals surface area contributed by atoms with Gasteiger partial charge in [0.2, 0.25) is 10.0 Å². The molecule has 0 bridgehead atoms. The summed E-state index contributed by atoms with van der Waals surface area (Å²) in [6.07, 6.45) is 3.39. The lowest BCUT2D eigenvalue weighted by atomic mass is 10.2. The van der Waals surface area contributed by atoms with Crippen LogP contribution >= 0.6 is 15.9 Å². The zero-order valence-electron chi connectivity index (χ0n) is 25.0. The molecule has 0 spiro atoms. The Kier molecular flexibility index (Phi) is 15.5. The number of ether oxygens (including phenoxy) is 2. The van der Waals surface area contributed by atoms with Gasteiger partial charge in [-0.15, -0.1) is 0 Å². The van der Waals surface area contributed by atoms with E-state index in [1.165, 1.54) is 0 Å². The third kappa shape index (κ3) is 15.8. The van der Waals surface area contributed by atoms with Crippen LogP contribution in [0.3, 0.4) is 0 Å². The number of nitrogens with zero attached hydrogens (tertiary/aromatic N) is 2. The van der Waals surface area contributed by atoms with Crippen LogP contribution in [0.2, 0.25) is 0 Å². The molecule has 1 aromatic carbocycles. The molecule has 0 saturated heterocycles. The van der Waals surface area contributed by atoms with Crippen LogP contribution in [0, 0.1) is 0 Å². The topological polar surface area (TPSA) is 131 Å². The van der Waals surface area contributed by atoms with Crippen molar-refractivity contribution in [3.8, 4) is 0 Å². The first-order chi connectivity index (χ1) is 18.5. The Labute approximate surface area is 249 Å². The molecule has 0 atom stereocenters. The van der Waals surface area contributed by atoms with Gasteiger partial charge in [0.1, 0.15) is 11.2 Å². The Morgan fingerprint density at radius 1 is 0.775 bits per heavy atom. The fourth-order valence-corrected chi connectivity index (χ4v) is 4.96. The lowest BCUT2D eigenvalue weighted by molar-refractivity contribution is 0.0207. The number of carbonyl (C=O) groups excluding carboxylic acids is 2. The van der Waals surface area contributed by atoms with Crippen molar-refractivity contribution in [2.24, 2.45) is 5.73 Å². The number of hydrogen-bond donors (Lipinski definition) is 2. The third-order valence-corrected chi connectivity index (χ3v) is 7.57. The van der Waals surface area contributed by atoms with Gasteiger partial charge in [0.25, 0.3) is 0 Å². The molecular formula is C28H49BrN4O6S. The van der Waals surface area contributed by atoms with Gasteiger partial charge in [0, 0.05) is 37.2 Å². The highest BCUT2D eigenvalue weighted by atomic mass is 79.9. The minimum atomic E-state index is -3.60. The Bertz CT molecular complexity index is 1010. The smallest absolute Gasteiger partial charge is 0.410 e. The maximum Gasteiger partial charge on any atom is 0.410 e. The van der Waals surface area contributed by atoms with Gasteiger partial charge in [0.15, 0.2) is 0 Å². The molecule has 1 rings (SSSR count). The van der Waals surface area contributed by atoms with E-state index < -0.39 is 27.3 Å². The molecule has 1 aromatic rings. The second-order valence-corrected chi connectivity index (χ2v) is 14.4. The van der Waals surface area contributed by atoms with Crippen LogP contribution in [0.25, 0.3) is 0 Å². The van der Waals surface area contributed by atoms with Crippen LogP contribution in [-0.2, 0) is 19.5 Å². The number of halogens is 1. The van der Waals surface area contributed by atoms with Gasteiger partial charge >= 0.3 is 12.2 Å². The van der Waals surface area contributed by atoms with Crippen LogP contribution in [0.4, 0.5) is 9.59 Å². The lowest BCUT2D eigenvalue weighted by Crippen LogP contribution is -2.39. The van der Waals surface area contributed by atoms with Crippen molar-refractivity contribution in [3.05, 3.63) is 28.7 Å². The van der Waals surface area contributed by atoms with Crippen molar-refractivity contribution in [2.45, 2.75) is 96.2 Å². The van der Waals surface area contributed by atoms with Crippen LogP contribution in [0.5, 0.6) is 0 Å². The van der Waals surface area contributed by atoms with Crippen molar-refractivity contribution in [2.75, 3.05) is 39.3 Å². The number of benzene rings is 1. The summed E-state index contributed by atoms with van der Waals surface area (Å²) in [5.41, 5.74) is 4.40. The molecule has 0 aliphatic rings. The standard InChI is InChI=1S/C28H49BrN4O6S/c1-27(2,3)38-25(34)32(19-9-7-17-30)21-11-12-22-33(26(35)39-28(4,5)6)20-10-8-18-31-40(36,37)24-15-13-23(29)14-16-24/h13-16,31H,7-12,17-22,30H2,1-6H3. The average molecular weight is 650 g/mol. The first kappa shape index (κ1) is 36.1. The van der Waals surface area contributed by atoms with E-state index in [0.717, 1.165) is 17.3 Å². The molecule has 230 valence electrons. The molecule has 0 saturated carbocycles. The van der Waals surface area contributed by atoms with Gasteiger partial charge in [0.05, 0.1) is 4.90 Å². The maximum atomic E-state index is 12.9. The summed E-state index contributed by atoms with van der Waals surface area (Å²) in [7, 11) is -3.60. The van der Waals surface area contributed by atoms with E-state index in [-0.39, 0.29) is 17.5 Å². The average Bonchev–Trinajstić information content (AvgIpc) is 2.82. The summed E-state index contributed by atoms with van der Waals surface area (Å²) < 4.78 is 39.5. The second kappa shape index (κ2) is 17.2. The molecule has 2 amide bonds. The molecule has 0 unspecified atom stereocenters. The number of carbonyl (C=O) groups is 2. The lowest BCUT2D eigenvalue weighted by Gasteiger charge is -2.29. The van der Waals surface area contributed by atoms with Crippen LogP contribution in [-0.4, -0.2) is 80.9 Å². The molecule has 3 N–H and O–H groups in total. The molecule has 0 heterocycles. The van der Waals surface area contributed by atoms with Crippen LogP contribution in [0.15, 0.2) is 33.6 Å². The molecule has 0 fully saturated rings. The largest absolute Gasteiger partial charge is 0.444 e. The Balaban J connectivity index is 2.64. The first-order valence-corrected chi connectivity index (χ1v) is 16.2. The summed E-state index contributed by atoms with van der Waals surface area (Å²) in [6.45, 7) is 13.8. The minimum absolute atomic E-state index is 0.203. The maximum absolute atomic E-state index is 12.9. The Hall–Kier alpha value is -1.89. The van der Waals surface area contributed by atoms with Crippen molar-refractivity contribution in [1.82, 2.24) is 14.5 Å². The van der Waals surface area contributed by atoms with Crippen molar-refractivity contribution >= 4 is 38.1 Å². The van der Waals surface area contributed by atoms with E-state index in [0.29, 0.717) is 58.4 Å². The fraction of sp³-hybridized carbons (Fsp3) is 0.714. The highest BCUT2D eigenvalue weighted by Gasteiger charge is 2.24. The zero-order valence-corrected chi connectivity index (χ0v) is 27.4.